The molecule has 0 radical (unpaired) electrons. The molecule has 1 aliphatic rings. The maximum absolute atomic E-state index is 13.3. The molecule has 4 rings (SSSR count). The minimum Gasteiger partial charge on any atom is -0.386 e. The first-order valence-corrected chi connectivity index (χ1v) is 16.0. The van der Waals surface area contributed by atoms with Gasteiger partial charge in [0.25, 0.3) is 5.91 Å². The summed E-state index contributed by atoms with van der Waals surface area (Å²) < 4.78 is 36.0. The second kappa shape index (κ2) is 12.2. The van der Waals surface area contributed by atoms with Crippen LogP contribution in [0.2, 0.25) is 0 Å². The van der Waals surface area contributed by atoms with E-state index in [1.165, 1.54) is 25.3 Å². The van der Waals surface area contributed by atoms with Crippen LogP contribution in [0.15, 0.2) is 38.5 Å². The molecule has 0 bridgehead atoms. The summed E-state index contributed by atoms with van der Waals surface area (Å²) >= 11 is 0. The molecule has 2 heterocycles. The van der Waals surface area contributed by atoms with Gasteiger partial charge in [-0.3, -0.25) is 14.3 Å². The second-order valence-corrected chi connectivity index (χ2v) is 14.5. The van der Waals surface area contributed by atoms with Gasteiger partial charge in [0.1, 0.15) is 0 Å². The Hall–Kier alpha value is -3.22. The SMILES string of the molecule is Cc1c(C(=O)NCCc2noc(=O)[nH]2)cc(-c2ccc(S(=O)(=O)NC(C)(C)C)c(C(C)(C)O)c2)n1CC1CCCCC1. The molecule has 12 heteroatoms. The van der Waals surface area contributed by atoms with Gasteiger partial charge < -0.3 is 15.0 Å². The van der Waals surface area contributed by atoms with Crippen LogP contribution in [0.5, 0.6) is 0 Å². The first-order chi connectivity index (χ1) is 19.5. The summed E-state index contributed by atoms with van der Waals surface area (Å²) in [6.07, 6.45) is 6.10. The van der Waals surface area contributed by atoms with E-state index in [0.29, 0.717) is 29.3 Å². The maximum Gasteiger partial charge on any atom is 0.438 e. The second-order valence-electron chi connectivity index (χ2n) is 12.8. The van der Waals surface area contributed by atoms with E-state index in [1.807, 2.05) is 13.0 Å². The van der Waals surface area contributed by atoms with Crippen molar-refractivity contribution in [1.29, 1.82) is 0 Å². The minimum absolute atomic E-state index is 0.0136. The van der Waals surface area contributed by atoms with Crippen LogP contribution in [-0.2, 0) is 28.6 Å². The van der Waals surface area contributed by atoms with E-state index in [9.17, 15) is 23.1 Å². The standard InChI is InChI=1S/C30H43N5O6S/c1-19-22(27(36)31-15-14-26-32-28(37)41-33-26)17-24(35(19)18-20-10-8-7-9-11-20)21-12-13-25(23(16-21)30(5,6)38)42(39,40)34-29(2,3)4/h12-13,16-17,20,34,38H,7-11,14-15,18H2,1-6H3,(H,31,36)(H,32,33,37). The Morgan fingerprint density at radius 2 is 1.83 bits per heavy atom. The lowest BCUT2D eigenvalue weighted by atomic mass is 9.89. The van der Waals surface area contributed by atoms with Crippen molar-refractivity contribution in [2.45, 2.75) is 103 Å². The predicted octanol–water partition coefficient (Wildman–Crippen LogP) is 4.00. The lowest BCUT2D eigenvalue weighted by molar-refractivity contribution is 0.0755. The smallest absolute Gasteiger partial charge is 0.386 e. The van der Waals surface area contributed by atoms with E-state index in [-0.39, 0.29) is 22.9 Å². The summed E-state index contributed by atoms with van der Waals surface area (Å²) in [7, 11) is -3.93. The lowest BCUT2D eigenvalue weighted by Crippen LogP contribution is -2.41. The van der Waals surface area contributed by atoms with E-state index in [0.717, 1.165) is 30.8 Å². The molecule has 0 saturated heterocycles. The van der Waals surface area contributed by atoms with Gasteiger partial charge in [-0.1, -0.05) is 30.5 Å². The minimum atomic E-state index is -3.93. The molecule has 1 aromatic carbocycles. The molecule has 0 atom stereocenters. The number of benzene rings is 1. The number of sulfonamides is 1. The average molecular weight is 602 g/mol. The van der Waals surface area contributed by atoms with Gasteiger partial charge in [-0.2, -0.15) is 0 Å². The Labute approximate surface area is 247 Å². The average Bonchev–Trinajstić information content (AvgIpc) is 3.45. The zero-order valence-corrected chi connectivity index (χ0v) is 26.2. The number of hydrogen-bond donors (Lipinski definition) is 4. The highest BCUT2D eigenvalue weighted by atomic mass is 32.2. The summed E-state index contributed by atoms with van der Waals surface area (Å²) in [5.74, 6) is -0.0936. The number of carbonyl (C=O) groups is 1. The third-order valence-electron chi connectivity index (χ3n) is 7.57. The van der Waals surface area contributed by atoms with Crippen LogP contribution in [0, 0.1) is 12.8 Å². The fourth-order valence-corrected chi connectivity index (χ4v) is 7.36. The molecule has 2 aromatic heterocycles. The van der Waals surface area contributed by atoms with Crippen molar-refractivity contribution in [2.75, 3.05) is 6.54 Å². The Morgan fingerprint density at radius 1 is 1.14 bits per heavy atom. The fourth-order valence-electron chi connectivity index (χ4n) is 5.60. The van der Waals surface area contributed by atoms with Gasteiger partial charge in [0, 0.05) is 42.0 Å². The molecule has 4 N–H and O–H groups in total. The third kappa shape index (κ3) is 7.59. The molecule has 1 amide bonds. The first-order valence-electron chi connectivity index (χ1n) is 14.5. The fraction of sp³-hybridized carbons (Fsp3) is 0.567. The molecule has 11 nitrogen and oxygen atoms in total. The highest BCUT2D eigenvalue weighted by molar-refractivity contribution is 7.89. The van der Waals surface area contributed by atoms with Gasteiger partial charge in [-0.25, -0.2) is 17.9 Å². The number of H-pyrrole nitrogens is 1. The van der Waals surface area contributed by atoms with Crippen molar-refractivity contribution >= 4 is 15.9 Å². The van der Waals surface area contributed by atoms with Gasteiger partial charge in [0.05, 0.1) is 16.1 Å². The van der Waals surface area contributed by atoms with Crippen molar-refractivity contribution in [2.24, 2.45) is 5.92 Å². The Balaban J connectivity index is 1.74. The largest absolute Gasteiger partial charge is 0.438 e. The van der Waals surface area contributed by atoms with Crippen molar-refractivity contribution in [3.63, 3.8) is 0 Å². The Bertz CT molecular complexity index is 1580. The maximum atomic E-state index is 13.3. The first kappa shape index (κ1) is 31.7. The van der Waals surface area contributed by atoms with E-state index >= 15 is 0 Å². The summed E-state index contributed by atoms with van der Waals surface area (Å²) in [6, 6.07) is 6.81. The Morgan fingerprint density at radius 3 is 2.43 bits per heavy atom. The molecular weight excluding hydrogens is 558 g/mol. The molecule has 1 saturated carbocycles. The number of hydrogen-bond acceptors (Lipinski definition) is 7. The van der Waals surface area contributed by atoms with Gasteiger partial charge in [-0.05, 0) is 84.1 Å². The summed E-state index contributed by atoms with van der Waals surface area (Å²) in [6.45, 7) is 11.3. The number of aliphatic hydroxyl groups is 1. The number of nitrogens with zero attached hydrogens (tertiary/aromatic N) is 2. The van der Waals surface area contributed by atoms with Gasteiger partial charge in [-0.15, -0.1) is 0 Å². The zero-order valence-electron chi connectivity index (χ0n) is 25.3. The molecular formula is C30H43N5O6S. The third-order valence-corrected chi connectivity index (χ3v) is 9.39. The normalized spacial score (nSPS) is 15.2. The number of amides is 1. The number of carbonyl (C=O) groups excluding carboxylic acids is 1. The highest BCUT2D eigenvalue weighted by Crippen LogP contribution is 2.35. The Kier molecular flexibility index (Phi) is 9.19. The summed E-state index contributed by atoms with van der Waals surface area (Å²) in [5.41, 5.74) is 0.917. The number of nitrogens with one attached hydrogen (secondary N) is 3. The summed E-state index contributed by atoms with van der Waals surface area (Å²) in [4.78, 5) is 27.0. The van der Waals surface area contributed by atoms with Crippen LogP contribution in [0.3, 0.4) is 0 Å². The quantitative estimate of drug-likeness (QED) is 0.273. The predicted molar refractivity (Wildman–Crippen MR) is 160 cm³/mol. The van der Waals surface area contributed by atoms with Gasteiger partial charge >= 0.3 is 5.76 Å². The van der Waals surface area contributed by atoms with Crippen LogP contribution < -0.4 is 15.8 Å². The van der Waals surface area contributed by atoms with Gasteiger partial charge in [0.15, 0.2) is 5.82 Å². The van der Waals surface area contributed by atoms with Crippen LogP contribution >= 0.6 is 0 Å². The van der Waals surface area contributed by atoms with Crippen molar-refractivity contribution < 1.29 is 22.8 Å². The van der Waals surface area contributed by atoms with E-state index in [2.05, 4.69) is 29.3 Å². The van der Waals surface area contributed by atoms with Crippen LogP contribution in [0.1, 0.15) is 94.2 Å². The van der Waals surface area contributed by atoms with Crippen molar-refractivity contribution in [3.8, 4) is 11.3 Å². The van der Waals surface area contributed by atoms with Crippen molar-refractivity contribution in [3.05, 3.63) is 57.5 Å². The van der Waals surface area contributed by atoms with Crippen LogP contribution in [-0.4, -0.2) is 46.2 Å². The highest BCUT2D eigenvalue weighted by Gasteiger charge is 2.31. The zero-order chi connectivity index (χ0) is 30.9. The topological polar surface area (TPSA) is 159 Å². The van der Waals surface area contributed by atoms with Crippen LogP contribution in [0.25, 0.3) is 11.3 Å². The number of aromatic nitrogens is 3. The summed E-state index contributed by atoms with van der Waals surface area (Å²) in [5, 5.41) is 17.6. The monoisotopic (exact) mass is 601 g/mol. The molecule has 230 valence electrons. The number of aromatic amines is 1. The lowest BCUT2D eigenvalue weighted by Gasteiger charge is -2.27. The van der Waals surface area contributed by atoms with E-state index in [4.69, 9.17) is 0 Å². The molecule has 1 aliphatic carbocycles. The van der Waals surface area contributed by atoms with Crippen LogP contribution in [0.4, 0.5) is 0 Å². The van der Waals surface area contributed by atoms with E-state index < -0.39 is 26.9 Å². The van der Waals surface area contributed by atoms with Crippen molar-refractivity contribution in [1.82, 2.24) is 24.7 Å². The van der Waals surface area contributed by atoms with Gasteiger partial charge in [0.2, 0.25) is 10.0 Å². The molecule has 0 aliphatic heterocycles. The van der Waals surface area contributed by atoms with E-state index in [1.54, 1.807) is 46.8 Å². The number of rotatable bonds is 10. The molecule has 42 heavy (non-hydrogen) atoms. The molecule has 3 aromatic rings. The molecule has 1 fully saturated rings. The molecule has 0 spiro atoms. The molecule has 0 unspecified atom stereocenters.